The minimum Gasteiger partial charge on any atom is -0.506 e. The lowest BCUT2D eigenvalue weighted by atomic mass is 10.2. The highest BCUT2D eigenvalue weighted by atomic mass is 35.5. The Morgan fingerprint density at radius 1 is 0.964 bits per heavy atom. The summed E-state index contributed by atoms with van der Waals surface area (Å²) in [7, 11) is 0. The molecule has 6 nitrogen and oxygen atoms in total. The molecule has 1 N–H and O–H groups in total. The average molecular weight is 450 g/mol. The molecule has 1 aromatic carbocycles. The fourth-order valence-electron chi connectivity index (χ4n) is 2.46. The molecule has 28 heavy (non-hydrogen) atoms. The molecule has 0 radical (unpaired) electrons. The van der Waals surface area contributed by atoms with Gasteiger partial charge in [0.15, 0.2) is 5.65 Å². The van der Waals surface area contributed by atoms with Crippen LogP contribution in [0.5, 0.6) is 5.75 Å². The van der Waals surface area contributed by atoms with Gasteiger partial charge in [-0.25, -0.2) is 4.98 Å². The molecule has 12 heteroatoms. The van der Waals surface area contributed by atoms with Crippen LogP contribution < -0.4 is 0 Å². The largest absolute Gasteiger partial charge is 0.506 e. The van der Waals surface area contributed by atoms with Gasteiger partial charge >= 0.3 is 6.18 Å². The third kappa shape index (κ3) is 3.25. The summed E-state index contributed by atoms with van der Waals surface area (Å²) in [5.74, 6) is -0.227. The first kappa shape index (κ1) is 18.9. The second kappa shape index (κ2) is 6.54. The van der Waals surface area contributed by atoms with Gasteiger partial charge < -0.3 is 14.0 Å². The highest BCUT2D eigenvalue weighted by Gasteiger charge is 2.32. The number of alkyl halides is 3. The van der Waals surface area contributed by atoms with E-state index < -0.39 is 11.7 Å². The monoisotopic (exact) mass is 448 g/mol. The maximum atomic E-state index is 12.9. The van der Waals surface area contributed by atoms with E-state index >= 15 is 0 Å². The molecule has 0 saturated carbocycles. The first-order chi connectivity index (χ1) is 13.1. The molecule has 0 bridgehead atoms. The van der Waals surface area contributed by atoms with E-state index in [4.69, 9.17) is 39.3 Å². The van der Waals surface area contributed by atoms with Crippen molar-refractivity contribution in [1.29, 1.82) is 0 Å². The van der Waals surface area contributed by atoms with Crippen LogP contribution in [0.3, 0.4) is 0 Å². The molecule has 0 aliphatic heterocycles. The van der Waals surface area contributed by atoms with Crippen LogP contribution in [0.4, 0.5) is 13.2 Å². The highest BCUT2D eigenvalue weighted by Crippen LogP contribution is 2.36. The smallest absolute Gasteiger partial charge is 0.417 e. The molecule has 0 saturated heterocycles. The van der Waals surface area contributed by atoms with Crippen LogP contribution in [0.2, 0.25) is 15.1 Å². The molecule has 144 valence electrons. The molecule has 3 aromatic heterocycles. The van der Waals surface area contributed by atoms with Crippen LogP contribution in [0, 0.1) is 0 Å². The third-order valence-electron chi connectivity index (χ3n) is 3.76. The summed E-state index contributed by atoms with van der Waals surface area (Å²) in [6.45, 7) is 0. The number of aromatic nitrogens is 4. The number of halogens is 6. The van der Waals surface area contributed by atoms with Crippen molar-refractivity contribution in [2.75, 3.05) is 0 Å². The van der Waals surface area contributed by atoms with Gasteiger partial charge in [-0.15, -0.1) is 0 Å². The van der Waals surface area contributed by atoms with Gasteiger partial charge in [-0.05, 0) is 12.1 Å². The summed E-state index contributed by atoms with van der Waals surface area (Å²) in [5.41, 5.74) is -0.420. The second-order valence-electron chi connectivity index (χ2n) is 5.64. The lowest BCUT2D eigenvalue weighted by Crippen LogP contribution is -2.06. The van der Waals surface area contributed by atoms with E-state index in [-0.39, 0.29) is 49.4 Å². The number of rotatable bonds is 2. The van der Waals surface area contributed by atoms with Crippen molar-refractivity contribution < 1.29 is 22.8 Å². The van der Waals surface area contributed by atoms with E-state index in [0.717, 1.165) is 16.7 Å². The molecular formula is C16H6Cl3F3N4O2. The van der Waals surface area contributed by atoms with E-state index in [2.05, 4.69) is 15.1 Å². The van der Waals surface area contributed by atoms with Gasteiger partial charge in [0.25, 0.3) is 5.89 Å². The van der Waals surface area contributed by atoms with Crippen molar-refractivity contribution in [3.05, 3.63) is 51.2 Å². The molecule has 0 unspecified atom stereocenters. The molecule has 0 atom stereocenters. The van der Waals surface area contributed by atoms with E-state index in [9.17, 15) is 18.3 Å². The van der Waals surface area contributed by atoms with Crippen molar-refractivity contribution in [3.63, 3.8) is 0 Å². The average Bonchev–Trinajstić information content (AvgIpc) is 3.24. The van der Waals surface area contributed by atoms with Gasteiger partial charge in [-0.2, -0.15) is 18.2 Å². The topological polar surface area (TPSA) is 76.5 Å². The third-order valence-corrected chi connectivity index (χ3v) is 4.65. The standard InChI is InChI=1S/C16H6Cl3F3N4O2/c17-8-3-12(27)9(18)2-7(8)15-24-13(25-28-15)11-5-26-4-6(16(20,21)22)1-10(19)14(26)23-11/h1-5,27H. The SMILES string of the molecule is Oc1cc(Cl)c(-c2nc(-c3cn4cc(C(F)(F)F)cc(Cl)c4n3)no2)cc1Cl. The maximum Gasteiger partial charge on any atom is 0.417 e. The lowest BCUT2D eigenvalue weighted by molar-refractivity contribution is -0.137. The number of benzene rings is 1. The normalized spacial score (nSPS) is 12.1. The Labute approximate surface area is 169 Å². The van der Waals surface area contributed by atoms with Crippen LogP contribution in [-0.4, -0.2) is 24.6 Å². The Hall–Kier alpha value is -2.49. The predicted octanol–water partition coefficient (Wildman–Crippen LogP) is 5.74. The first-order valence-electron chi connectivity index (χ1n) is 7.41. The Kier molecular flexibility index (Phi) is 4.40. The van der Waals surface area contributed by atoms with Gasteiger partial charge in [0.1, 0.15) is 11.4 Å². The minimum absolute atomic E-state index is 0.00332. The maximum absolute atomic E-state index is 12.9. The molecule has 0 fully saturated rings. The van der Waals surface area contributed by atoms with Gasteiger partial charge in [0.05, 0.1) is 26.2 Å². The summed E-state index contributed by atoms with van der Waals surface area (Å²) in [6, 6.07) is 3.34. The van der Waals surface area contributed by atoms with E-state index in [0.29, 0.717) is 0 Å². The second-order valence-corrected chi connectivity index (χ2v) is 6.86. The van der Waals surface area contributed by atoms with E-state index in [1.807, 2.05) is 0 Å². The van der Waals surface area contributed by atoms with Gasteiger partial charge in [0.2, 0.25) is 5.82 Å². The number of imidazole rings is 1. The number of pyridine rings is 1. The summed E-state index contributed by atoms with van der Waals surface area (Å²) in [6.07, 6.45) is -2.41. The van der Waals surface area contributed by atoms with E-state index in [1.165, 1.54) is 18.3 Å². The molecular weight excluding hydrogens is 444 g/mol. The Bertz CT molecular complexity index is 1220. The van der Waals surface area contributed by atoms with Gasteiger partial charge in [0, 0.05) is 18.5 Å². The number of nitrogens with zero attached hydrogens (tertiary/aromatic N) is 4. The Morgan fingerprint density at radius 3 is 2.43 bits per heavy atom. The zero-order valence-corrected chi connectivity index (χ0v) is 15.6. The summed E-state index contributed by atoms with van der Waals surface area (Å²) >= 11 is 17.8. The van der Waals surface area contributed by atoms with Crippen LogP contribution in [0.15, 0.2) is 35.1 Å². The number of aromatic hydroxyl groups is 1. The summed E-state index contributed by atoms with van der Waals surface area (Å²) < 4.78 is 45.1. The number of hydrogen-bond donors (Lipinski definition) is 1. The molecule has 4 aromatic rings. The fourth-order valence-corrected chi connectivity index (χ4v) is 3.12. The molecule has 4 rings (SSSR count). The fraction of sp³-hybridized carbons (Fsp3) is 0.0625. The van der Waals surface area contributed by atoms with Crippen LogP contribution >= 0.6 is 34.8 Å². The number of hydrogen-bond acceptors (Lipinski definition) is 5. The number of phenolic OH excluding ortho intramolecular Hbond substituents is 1. The number of fused-ring (bicyclic) bond motifs is 1. The summed E-state index contributed by atoms with van der Waals surface area (Å²) in [5, 5.41) is 13.3. The van der Waals surface area contributed by atoms with Crippen LogP contribution in [-0.2, 0) is 6.18 Å². The highest BCUT2D eigenvalue weighted by molar-refractivity contribution is 6.36. The Balaban J connectivity index is 1.78. The van der Waals surface area contributed by atoms with Crippen molar-refractivity contribution in [3.8, 4) is 28.7 Å². The summed E-state index contributed by atoms with van der Waals surface area (Å²) in [4.78, 5) is 8.28. The molecule has 0 spiro atoms. The molecule has 0 aliphatic carbocycles. The van der Waals surface area contributed by atoms with Crippen LogP contribution in [0.1, 0.15) is 5.56 Å². The van der Waals surface area contributed by atoms with Crippen molar-refractivity contribution in [2.45, 2.75) is 6.18 Å². The van der Waals surface area contributed by atoms with Crippen molar-refractivity contribution in [1.82, 2.24) is 19.5 Å². The Morgan fingerprint density at radius 2 is 1.71 bits per heavy atom. The predicted molar refractivity (Wildman–Crippen MR) is 95.6 cm³/mol. The van der Waals surface area contributed by atoms with Crippen molar-refractivity contribution in [2.24, 2.45) is 0 Å². The van der Waals surface area contributed by atoms with E-state index in [1.54, 1.807) is 0 Å². The zero-order valence-electron chi connectivity index (χ0n) is 13.3. The first-order valence-corrected chi connectivity index (χ1v) is 8.55. The van der Waals surface area contributed by atoms with Crippen LogP contribution in [0.25, 0.3) is 28.6 Å². The zero-order chi connectivity index (χ0) is 20.2. The van der Waals surface area contributed by atoms with Gasteiger partial charge in [-0.1, -0.05) is 40.0 Å². The number of phenols is 1. The molecule has 3 heterocycles. The molecule has 0 amide bonds. The van der Waals surface area contributed by atoms with Gasteiger partial charge in [-0.3, -0.25) is 0 Å². The minimum atomic E-state index is -4.56. The lowest BCUT2D eigenvalue weighted by Gasteiger charge is -2.07. The quantitative estimate of drug-likeness (QED) is 0.422. The van der Waals surface area contributed by atoms with Crippen molar-refractivity contribution >= 4 is 40.4 Å². The molecule has 0 aliphatic rings.